The zero-order chi connectivity index (χ0) is 24.0. The summed E-state index contributed by atoms with van der Waals surface area (Å²) in [5, 5.41) is 5.15. The van der Waals surface area contributed by atoms with Gasteiger partial charge in [-0.3, -0.25) is 9.48 Å². The van der Waals surface area contributed by atoms with Crippen molar-refractivity contribution in [2.75, 3.05) is 18.8 Å². The number of carbonyl (C=O) groups is 1. The minimum absolute atomic E-state index is 0.0905. The summed E-state index contributed by atoms with van der Waals surface area (Å²) in [5.41, 5.74) is 7.43. The summed E-state index contributed by atoms with van der Waals surface area (Å²) in [6.07, 6.45) is 5.02. The second-order valence-corrected chi connectivity index (χ2v) is 8.01. The van der Waals surface area contributed by atoms with Crippen LogP contribution in [-0.4, -0.2) is 48.2 Å². The van der Waals surface area contributed by atoms with Gasteiger partial charge in [-0.1, -0.05) is 12.5 Å². The molecule has 1 unspecified atom stereocenters. The van der Waals surface area contributed by atoms with Gasteiger partial charge in [-0.15, -0.1) is 0 Å². The number of pyridine rings is 1. The third-order valence-corrected chi connectivity index (χ3v) is 6.09. The van der Waals surface area contributed by atoms with Gasteiger partial charge in [0.2, 0.25) is 5.91 Å². The van der Waals surface area contributed by atoms with Crippen molar-refractivity contribution in [3.8, 4) is 11.8 Å². The Kier molecular flexibility index (Phi) is 5.24. The number of rotatable bonds is 3. The normalized spacial score (nSPS) is 15.6. The average molecular weight is 461 g/mol. The molecule has 5 rings (SSSR count). The Morgan fingerprint density at radius 3 is 2.91 bits per heavy atom. The lowest BCUT2D eigenvalue weighted by atomic mass is 10.1. The minimum atomic E-state index is -1.04. The summed E-state index contributed by atoms with van der Waals surface area (Å²) in [4.78, 5) is 22.0. The zero-order valence-electron chi connectivity index (χ0n) is 18.4. The lowest BCUT2D eigenvalue weighted by Crippen LogP contribution is -2.27. The summed E-state index contributed by atoms with van der Waals surface area (Å²) >= 11 is 0. The number of imidazole rings is 1. The lowest BCUT2D eigenvalue weighted by molar-refractivity contribution is -0.125. The van der Waals surface area contributed by atoms with E-state index in [9.17, 15) is 13.6 Å². The smallest absolute Gasteiger partial charge is 0.246 e. The molecule has 0 radical (unpaired) electrons. The second kappa shape index (κ2) is 8.26. The number of nitrogens with zero attached hydrogens (tertiary/aromatic N) is 6. The van der Waals surface area contributed by atoms with Gasteiger partial charge < -0.3 is 15.2 Å². The third kappa shape index (κ3) is 3.37. The largest absolute Gasteiger partial charge is 0.383 e. The van der Waals surface area contributed by atoms with Gasteiger partial charge in [0.15, 0.2) is 11.6 Å². The van der Waals surface area contributed by atoms with Crippen LogP contribution in [0.4, 0.5) is 14.6 Å². The van der Waals surface area contributed by atoms with Crippen LogP contribution in [-0.2, 0) is 11.3 Å². The van der Waals surface area contributed by atoms with E-state index < -0.39 is 11.6 Å². The Morgan fingerprint density at radius 1 is 1.32 bits per heavy atom. The second-order valence-electron chi connectivity index (χ2n) is 8.01. The highest BCUT2D eigenvalue weighted by Crippen LogP contribution is 2.30. The molecule has 1 aliphatic rings. The molecule has 10 heteroatoms. The minimum Gasteiger partial charge on any atom is -0.383 e. The molecule has 4 heterocycles. The number of nitrogens with two attached hydrogens (primary N) is 1. The number of benzene rings is 1. The molecule has 1 atom stereocenters. The first-order chi connectivity index (χ1) is 16.4. The van der Waals surface area contributed by atoms with Crippen molar-refractivity contribution in [1.29, 1.82) is 0 Å². The lowest BCUT2D eigenvalue weighted by Gasteiger charge is -2.15. The topological polar surface area (TPSA) is 94.9 Å². The highest BCUT2D eigenvalue weighted by molar-refractivity contribution is 5.93. The number of halogens is 2. The van der Waals surface area contributed by atoms with Gasteiger partial charge in [-0.25, -0.2) is 18.7 Å². The maximum atomic E-state index is 14.8. The van der Waals surface area contributed by atoms with E-state index in [1.165, 1.54) is 23.0 Å². The van der Waals surface area contributed by atoms with Gasteiger partial charge in [0.05, 0.1) is 34.4 Å². The molecule has 0 aliphatic carbocycles. The van der Waals surface area contributed by atoms with Crippen molar-refractivity contribution in [3.05, 3.63) is 60.2 Å². The number of fused-ring (bicyclic) bond motifs is 2. The van der Waals surface area contributed by atoms with Crippen LogP contribution in [0.15, 0.2) is 37.3 Å². The number of aromatic nitrogens is 5. The molecular weight excluding hydrogens is 440 g/mol. The standard InChI is InChI=1S/C24H21F2N7O/c1-3-19(34)32-10-8-15(12-32)33-18-7-9-28-24(27)20(18)16(30-33)6-5-14-11-17-23(22(26)21(14)25)31(4-2)13-29-17/h3,7,9,11,13,15H,1,4,8,10,12H2,2H3,(H2,27,28). The fourth-order valence-electron chi connectivity index (χ4n) is 4.37. The summed E-state index contributed by atoms with van der Waals surface area (Å²) in [5.74, 6) is 3.60. The highest BCUT2D eigenvalue weighted by atomic mass is 19.2. The molecule has 1 amide bonds. The molecule has 0 spiro atoms. The molecule has 1 saturated heterocycles. The summed E-state index contributed by atoms with van der Waals surface area (Å²) in [6, 6.07) is 3.10. The molecule has 3 aromatic heterocycles. The number of aryl methyl sites for hydroxylation is 1. The maximum Gasteiger partial charge on any atom is 0.246 e. The van der Waals surface area contributed by atoms with Crippen LogP contribution in [0.1, 0.15) is 30.6 Å². The van der Waals surface area contributed by atoms with Gasteiger partial charge in [0.1, 0.15) is 17.0 Å². The van der Waals surface area contributed by atoms with Crippen molar-refractivity contribution in [2.24, 2.45) is 0 Å². The fraction of sp³-hybridized carbons (Fsp3) is 0.250. The van der Waals surface area contributed by atoms with E-state index in [1.54, 1.807) is 21.8 Å². The van der Waals surface area contributed by atoms with Crippen LogP contribution >= 0.6 is 0 Å². The molecule has 2 N–H and O–H groups in total. The van der Waals surface area contributed by atoms with Crippen LogP contribution in [0.2, 0.25) is 0 Å². The molecule has 1 fully saturated rings. The number of nitrogen functional groups attached to an aromatic ring is 1. The Hall–Kier alpha value is -4.26. The Balaban J connectivity index is 1.59. The molecule has 1 aliphatic heterocycles. The average Bonchev–Trinajstić information content (AvgIpc) is 3.57. The molecule has 34 heavy (non-hydrogen) atoms. The Morgan fingerprint density at radius 2 is 2.15 bits per heavy atom. The predicted molar refractivity (Wildman–Crippen MR) is 124 cm³/mol. The number of anilines is 1. The van der Waals surface area contributed by atoms with E-state index >= 15 is 0 Å². The van der Waals surface area contributed by atoms with Crippen LogP contribution in [0, 0.1) is 23.5 Å². The van der Waals surface area contributed by atoms with E-state index in [1.807, 2.05) is 6.92 Å². The van der Waals surface area contributed by atoms with Gasteiger partial charge in [0, 0.05) is 25.8 Å². The van der Waals surface area contributed by atoms with Crippen LogP contribution in [0.3, 0.4) is 0 Å². The summed E-state index contributed by atoms with van der Waals surface area (Å²) in [6.45, 7) is 6.87. The number of carbonyl (C=O) groups excluding carboxylic acids is 1. The number of likely N-dealkylation sites (tertiary alicyclic amines) is 1. The third-order valence-electron chi connectivity index (χ3n) is 6.09. The van der Waals surface area contributed by atoms with Gasteiger partial charge >= 0.3 is 0 Å². The van der Waals surface area contributed by atoms with Gasteiger partial charge in [-0.05, 0) is 37.5 Å². The van der Waals surface area contributed by atoms with E-state index in [4.69, 9.17) is 5.73 Å². The maximum absolute atomic E-state index is 14.8. The van der Waals surface area contributed by atoms with E-state index in [0.29, 0.717) is 48.2 Å². The Bertz CT molecular complexity index is 1530. The molecule has 172 valence electrons. The van der Waals surface area contributed by atoms with Gasteiger partial charge in [-0.2, -0.15) is 5.10 Å². The van der Waals surface area contributed by atoms with E-state index in [-0.39, 0.29) is 28.8 Å². The number of amides is 1. The van der Waals surface area contributed by atoms with E-state index in [0.717, 1.165) is 0 Å². The first-order valence-corrected chi connectivity index (χ1v) is 10.8. The van der Waals surface area contributed by atoms with Crippen molar-refractivity contribution >= 4 is 33.7 Å². The molecular formula is C24H21F2N7O. The first kappa shape index (κ1) is 21.6. The quantitative estimate of drug-likeness (QED) is 0.374. The SMILES string of the molecule is C=CC(=O)N1CCC(n2nc(C#Cc3cc4ncn(CC)c4c(F)c3F)c3c(N)nccc32)C1. The summed E-state index contributed by atoms with van der Waals surface area (Å²) < 4.78 is 32.8. The fourth-order valence-corrected chi connectivity index (χ4v) is 4.37. The summed E-state index contributed by atoms with van der Waals surface area (Å²) in [7, 11) is 0. The highest BCUT2D eigenvalue weighted by Gasteiger charge is 2.29. The molecule has 1 aromatic carbocycles. The van der Waals surface area contributed by atoms with Crippen molar-refractivity contribution in [2.45, 2.75) is 25.9 Å². The predicted octanol–water partition coefficient (Wildman–Crippen LogP) is 3.02. The van der Waals surface area contributed by atoms with Crippen molar-refractivity contribution in [1.82, 2.24) is 29.2 Å². The molecule has 8 nitrogen and oxygen atoms in total. The van der Waals surface area contributed by atoms with Crippen molar-refractivity contribution in [3.63, 3.8) is 0 Å². The van der Waals surface area contributed by atoms with Crippen LogP contribution < -0.4 is 5.73 Å². The molecule has 0 saturated carbocycles. The zero-order valence-corrected chi connectivity index (χ0v) is 18.4. The Labute approximate surface area is 193 Å². The van der Waals surface area contributed by atoms with Crippen LogP contribution in [0.5, 0.6) is 0 Å². The van der Waals surface area contributed by atoms with Crippen molar-refractivity contribution < 1.29 is 13.6 Å². The first-order valence-electron chi connectivity index (χ1n) is 10.8. The molecule has 4 aromatic rings. The number of hydrogen-bond acceptors (Lipinski definition) is 5. The number of hydrogen-bond donors (Lipinski definition) is 1. The van der Waals surface area contributed by atoms with Crippen LogP contribution in [0.25, 0.3) is 21.9 Å². The molecule has 0 bridgehead atoms. The van der Waals surface area contributed by atoms with E-state index in [2.05, 4.69) is 33.5 Å². The monoisotopic (exact) mass is 461 g/mol. The van der Waals surface area contributed by atoms with Gasteiger partial charge in [0.25, 0.3) is 0 Å².